The van der Waals surface area contributed by atoms with Crippen molar-refractivity contribution in [2.24, 2.45) is 17.8 Å². The zero-order chi connectivity index (χ0) is 27.6. The van der Waals surface area contributed by atoms with E-state index in [0.717, 1.165) is 104 Å². The van der Waals surface area contributed by atoms with Crippen LogP contribution in [-0.2, 0) is 14.3 Å². The number of hydrogen-bond acceptors (Lipinski definition) is 6. The van der Waals surface area contributed by atoms with Gasteiger partial charge in [0.2, 0.25) is 5.91 Å². The molecule has 0 aliphatic carbocycles. The van der Waals surface area contributed by atoms with Crippen molar-refractivity contribution in [1.82, 2.24) is 20.0 Å². The van der Waals surface area contributed by atoms with Crippen LogP contribution in [0.3, 0.4) is 0 Å². The zero-order valence-electron chi connectivity index (χ0n) is 25.1. The van der Waals surface area contributed by atoms with Crippen molar-refractivity contribution < 1.29 is 19.1 Å². The Kier molecular flexibility index (Phi) is 9.14. The second kappa shape index (κ2) is 12.2. The first kappa shape index (κ1) is 29.1. The van der Waals surface area contributed by atoms with Gasteiger partial charge in [0.25, 0.3) is 0 Å². The molecule has 8 heteroatoms. The molecule has 39 heavy (non-hydrogen) atoms. The van der Waals surface area contributed by atoms with E-state index in [0.29, 0.717) is 17.7 Å². The van der Waals surface area contributed by atoms with Crippen LogP contribution < -0.4 is 5.32 Å². The van der Waals surface area contributed by atoms with Crippen LogP contribution in [-0.4, -0.2) is 102 Å². The average Bonchev–Trinajstić information content (AvgIpc) is 2.93. The minimum Gasteiger partial charge on any atom is -0.442 e. The first-order valence-corrected chi connectivity index (χ1v) is 16.1. The Bertz CT molecular complexity index is 836. The molecule has 8 nitrogen and oxygen atoms in total. The van der Waals surface area contributed by atoms with Crippen molar-refractivity contribution in [3.63, 3.8) is 0 Å². The summed E-state index contributed by atoms with van der Waals surface area (Å²) in [6, 6.07) is 0.518. The van der Waals surface area contributed by atoms with Crippen LogP contribution >= 0.6 is 0 Å². The zero-order valence-corrected chi connectivity index (χ0v) is 25.1. The summed E-state index contributed by atoms with van der Waals surface area (Å²) in [5.41, 5.74) is -0.218. The molecule has 0 aromatic rings. The summed E-state index contributed by atoms with van der Waals surface area (Å²) in [7, 11) is 0. The van der Waals surface area contributed by atoms with Crippen LogP contribution in [0, 0.1) is 17.8 Å². The first-order valence-electron chi connectivity index (χ1n) is 16.1. The first-order chi connectivity index (χ1) is 18.8. The summed E-state index contributed by atoms with van der Waals surface area (Å²) >= 11 is 0. The Labute approximate surface area is 236 Å². The number of nitrogens with one attached hydrogen (secondary N) is 1. The van der Waals surface area contributed by atoms with Crippen LogP contribution in [0.4, 0.5) is 4.79 Å². The maximum absolute atomic E-state index is 13.5. The molecule has 0 bridgehead atoms. The van der Waals surface area contributed by atoms with Gasteiger partial charge in [0.05, 0.1) is 5.92 Å². The lowest BCUT2D eigenvalue weighted by molar-refractivity contribution is -0.147. The topological polar surface area (TPSA) is 74.3 Å². The molecule has 4 atom stereocenters. The van der Waals surface area contributed by atoms with Gasteiger partial charge in [-0.3, -0.25) is 9.69 Å². The number of rotatable bonds is 6. The van der Waals surface area contributed by atoms with Gasteiger partial charge in [-0.2, -0.15) is 0 Å². The standard InChI is InChI=1S/C31H54N4O4/c1-5-6-7-25-22-35(26-9-20-38-21-10-26)29(37)39-31(25)13-18-34(19-14-31)30(4)11-16-33(17-12-30)28(36)27-23(2)8-15-32-24(27)3/h23-27,32H,5-22H2,1-4H3. The van der Waals surface area contributed by atoms with Crippen LogP contribution in [0.25, 0.3) is 0 Å². The van der Waals surface area contributed by atoms with Gasteiger partial charge >= 0.3 is 6.09 Å². The van der Waals surface area contributed by atoms with Gasteiger partial charge in [-0.1, -0.05) is 26.7 Å². The molecule has 2 amide bonds. The maximum Gasteiger partial charge on any atom is 0.410 e. The third-order valence-electron chi connectivity index (χ3n) is 11.3. The number of unbranched alkanes of at least 4 members (excludes halogenated alkanes) is 1. The molecule has 0 radical (unpaired) electrons. The Hall–Kier alpha value is -1.38. The summed E-state index contributed by atoms with van der Waals surface area (Å²) in [4.78, 5) is 33.6. The molecule has 1 spiro atoms. The Morgan fingerprint density at radius 1 is 1.03 bits per heavy atom. The second-order valence-electron chi connectivity index (χ2n) is 13.6. The summed E-state index contributed by atoms with van der Waals surface area (Å²) in [6.07, 6.45) is 10.2. The fraction of sp³-hybridized carbons (Fsp3) is 0.935. The predicted octanol–water partition coefficient (Wildman–Crippen LogP) is 4.27. The SMILES string of the molecule is CCCCC1CN(C2CCOCC2)C(=O)OC12CCN(C1(C)CCN(C(=O)C3C(C)CCNC3C)CC1)CC2. The number of likely N-dealkylation sites (tertiary alicyclic amines) is 2. The smallest absolute Gasteiger partial charge is 0.410 e. The third-order valence-corrected chi connectivity index (χ3v) is 11.3. The lowest BCUT2D eigenvalue weighted by atomic mass is 9.73. The van der Waals surface area contributed by atoms with E-state index in [1.807, 2.05) is 4.90 Å². The Balaban J connectivity index is 1.19. The third kappa shape index (κ3) is 5.99. The fourth-order valence-corrected chi connectivity index (χ4v) is 8.36. The molecular formula is C31H54N4O4. The number of carbonyl (C=O) groups excluding carboxylic acids is 2. The lowest BCUT2D eigenvalue weighted by Gasteiger charge is -2.55. The molecule has 222 valence electrons. The number of hydrogen-bond donors (Lipinski definition) is 1. The fourth-order valence-electron chi connectivity index (χ4n) is 8.36. The molecule has 0 aromatic carbocycles. The maximum atomic E-state index is 13.5. The lowest BCUT2D eigenvalue weighted by Crippen LogP contribution is -2.65. The average molecular weight is 547 g/mol. The summed E-state index contributed by atoms with van der Waals surface area (Å²) in [6.45, 7) is 16.0. The predicted molar refractivity (Wildman–Crippen MR) is 153 cm³/mol. The molecule has 5 aliphatic heterocycles. The van der Waals surface area contributed by atoms with E-state index in [1.165, 1.54) is 12.8 Å². The highest BCUT2D eigenvalue weighted by Gasteiger charge is 2.52. The van der Waals surface area contributed by atoms with Crippen molar-refractivity contribution in [3.05, 3.63) is 0 Å². The summed E-state index contributed by atoms with van der Waals surface area (Å²) in [5.74, 6) is 1.30. The van der Waals surface area contributed by atoms with Crippen molar-refractivity contribution in [2.45, 2.75) is 115 Å². The highest BCUT2D eigenvalue weighted by atomic mass is 16.6. The van der Waals surface area contributed by atoms with Gasteiger partial charge in [0.15, 0.2) is 0 Å². The molecule has 4 unspecified atom stereocenters. The van der Waals surface area contributed by atoms with Crippen LogP contribution in [0.15, 0.2) is 0 Å². The van der Waals surface area contributed by atoms with Gasteiger partial charge < -0.3 is 24.6 Å². The van der Waals surface area contributed by atoms with Crippen molar-refractivity contribution in [3.8, 4) is 0 Å². The second-order valence-corrected chi connectivity index (χ2v) is 13.6. The highest BCUT2D eigenvalue weighted by molar-refractivity contribution is 5.80. The van der Waals surface area contributed by atoms with E-state index < -0.39 is 0 Å². The Morgan fingerprint density at radius 3 is 2.36 bits per heavy atom. The largest absolute Gasteiger partial charge is 0.442 e. The number of amides is 2. The summed E-state index contributed by atoms with van der Waals surface area (Å²) in [5, 5.41) is 3.52. The molecule has 0 aromatic heterocycles. The van der Waals surface area contributed by atoms with Crippen LogP contribution in [0.1, 0.15) is 91.9 Å². The van der Waals surface area contributed by atoms with Gasteiger partial charge in [-0.25, -0.2) is 4.79 Å². The number of nitrogens with zero attached hydrogens (tertiary/aromatic N) is 3. The molecule has 5 heterocycles. The monoisotopic (exact) mass is 546 g/mol. The van der Waals surface area contributed by atoms with E-state index >= 15 is 0 Å². The minimum absolute atomic E-state index is 0.0956. The number of piperidine rings is 3. The van der Waals surface area contributed by atoms with Gasteiger partial charge in [0.1, 0.15) is 5.60 Å². The molecule has 5 rings (SSSR count). The number of ether oxygens (including phenoxy) is 2. The molecule has 1 N–H and O–H groups in total. The van der Waals surface area contributed by atoms with E-state index in [2.05, 4.69) is 42.8 Å². The molecule has 0 saturated carbocycles. The van der Waals surface area contributed by atoms with Gasteiger partial charge in [-0.15, -0.1) is 0 Å². The summed E-state index contributed by atoms with van der Waals surface area (Å²) < 4.78 is 12.0. The number of carbonyl (C=O) groups is 2. The molecule has 5 saturated heterocycles. The van der Waals surface area contributed by atoms with Crippen LogP contribution in [0.2, 0.25) is 0 Å². The van der Waals surface area contributed by atoms with Crippen molar-refractivity contribution >= 4 is 12.0 Å². The van der Waals surface area contributed by atoms with Gasteiger partial charge in [-0.05, 0) is 64.8 Å². The molecule has 5 fully saturated rings. The highest BCUT2D eigenvalue weighted by Crippen LogP contribution is 2.44. The van der Waals surface area contributed by atoms with Crippen molar-refractivity contribution in [2.75, 3.05) is 52.5 Å². The van der Waals surface area contributed by atoms with E-state index in [4.69, 9.17) is 9.47 Å². The minimum atomic E-state index is -0.322. The molecule has 5 aliphatic rings. The molecular weight excluding hydrogens is 492 g/mol. The quantitative estimate of drug-likeness (QED) is 0.536. The van der Waals surface area contributed by atoms with Crippen molar-refractivity contribution in [1.29, 1.82) is 0 Å². The van der Waals surface area contributed by atoms with E-state index in [1.54, 1.807) is 0 Å². The normalized spacial score (nSPS) is 34.2. The van der Waals surface area contributed by atoms with E-state index in [9.17, 15) is 9.59 Å². The van der Waals surface area contributed by atoms with Gasteiger partial charge in [0, 0.05) is 82.3 Å². The van der Waals surface area contributed by atoms with E-state index in [-0.39, 0.29) is 35.2 Å². The Morgan fingerprint density at radius 2 is 1.72 bits per heavy atom. The van der Waals surface area contributed by atoms with Crippen LogP contribution in [0.5, 0.6) is 0 Å².